The summed E-state index contributed by atoms with van der Waals surface area (Å²) in [5.74, 6) is 0.311. The van der Waals surface area contributed by atoms with Crippen LogP contribution in [0, 0.1) is 0 Å². The molecule has 4 nitrogen and oxygen atoms in total. The van der Waals surface area contributed by atoms with Gasteiger partial charge in [-0.05, 0) is 31.4 Å². The van der Waals surface area contributed by atoms with Crippen molar-refractivity contribution in [3.63, 3.8) is 0 Å². The lowest BCUT2D eigenvalue weighted by atomic mass is 10.0. The van der Waals surface area contributed by atoms with E-state index in [0.29, 0.717) is 27.9 Å². The molecule has 0 aromatic heterocycles. The van der Waals surface area contributed by atoms with Gasteiger partial charge in [0.25, 0.3) is 5.91 Å². The number of halogens is 2. The summed E-state index contributed by atoms with van der Waals surface area (Å²) in [5.41, 5.74) is 6.22. The Morgan fingerprint density at radius 2 is 2.05 bits per heavy atom. The maximum atomic E-state index is 12.6. The number of likely N-dealkylation sites (tertiary alicyclic amines) is 1. The maximum Gasteiger partial charge on any atom is 0.254 e. The fraction of sp³-hybridized carbons (Fsp3) is 0.500. The second kappa shape index (κ2) is 6.66. The molecule has 20 heavy (non-hydrogen) atoms. The van der Waals surface area contributed by atoms with E-state index in [4.69, 9.17) is 33.7 Å². The molecule has 110 valence electrons. The zero-order chi connectivity index (χ0) is 14.7. The highest BCUT2D eigenvalue weighted by Gasteiger charge is 2.27. The van der Waals surface area contributed by atoms with E-state index in [0.717, 1.165) is 25.8 Å². The van der Waals surface area contributed by atoms with Gasteiger partial charge in [0, 0.05) is 24.7 Å². The van der Waals surface area contributed by atoms with Gasteiger partial charge in [0.1, 0.15) is 0 Å². The Bertz CT molecular complexity index is 485. The molecule has 2 rings (SSSR count). The van der Waals surface area contributed by atoms with E-state index in [1.54, 1.807) is 12.1 Å². The highest BCUT2D eigenvalue weighted by atomic mass is 35.5. The second-order valence-electron chi connectivity index (χ2n) is 4.86. The number of piperidine rings is 1. The monoisotopic (exact) mass is 316 g/mol. The van der Waals surface area contributed by atoms with Crippen LogP contribution in [0.2, 0.25) is 10.0 Å². The molecule has 0 aliphatic carbocycles. The fourth-order valence-corrected chi connectivity index (χ4v) is 3.20. The number of hydrogen-bond donors (Lipinski definition) is 1. The number of benzene rings is 1. The van der Waals surface area contributed by atoms with Crippen LogP contribution in [-0.4, -0.2) is 37.0 Å². The van der Waals surface area contributed by atoms with Crippen molar-refractivity contribution in [3.8, 4) is 5.75 Å². The van der Waals surface area contributed by atoms with E-state index in [1.807, 2.05) is 4.90 Å². The minimum atomic E-state index is -0.0772. The highest BCUT2D eigenvalue weighted by Crippen LogP contribution is 2.34. The van der Waals surface area contributed by atoms with Gasteiger partial charge >= 0.3 is 0 Å². The van der Waals surface area contributed by atoms with Crippen LogP contribution in [0.1, 0.15) is 29.6 Å². The topological polar surface area (TPSA) is 55.6 Å². The summed E-state index contributed by atoms with van der Waals surface area (Å²) in [6.07, 6.45) is 3.05. The molecule has 1 heterocycles. The fourth-order valence-electron chi connectivity index (χ4n) is 2.56. The zero-order valence-corrected chi connectivity index (χ0v) is 12.9. The van der Waals surface area contributed by atoms with Gasteiger partial charge < -0.3 is 15.4 Å². The third-order valence-electron chi connectivity index (χ3n) is 3.61. The quantitative estimate of drug-likeness (QED) is 0.932. The summed E-state index contributed by atoms with van der Waals surface area (Å²) in [7, 11) is 1.49. The van der Waals surface area contributed by atoms with Crippen LogP contribution in [0.15, 0.2) is 12.1 Å². The number of nitrogens with two attached hydrogens (primary N) is 1. The lowest BCUT2D eigenvalue weighted by Crippen LogP contribution is -2.47. The minimum absolute atomic E-state index is 0.0772. The van der Waals surface area contributed by atoms with E-state index in [2.05, 4.69) is 0 Å². The molecule has 1 amide bonds. The van der Waals surface area contributed by atoms with Gasteiger partial charge in [-0.3, -0.25) is 4.79 Å². The number of rotatable bonds is 3. The van der Waals surface area contributed by atoms with Crippen LogP contribution >= 0.6 is 23.2 Å². The van der Waals surface area contributed by atoms with Crippen molar-refractivity contribution in [3.05, 3.63) is 27.7 Å². The molecular weight excluding hydrogens is 299 g/mol. The number of methoxy groups -OCH3 is 1. The minimum Gasteiger partial charge on any atom is -0.494 e. The lowest BCUT2D eigenvalue weighted by molar-refractivity contribution is 0.0623. The summed E-state index contributed by atoms with van der Waals surface area (Å²) in [4.78, 5) is 14.4. The first-order valence-electron chi connectivity index (χ1n) is 6.62. The Hall–Kier alpha value is -0.970. The molecule has 0 bridgehead atoms. The number of nitrogens with zero attached hydrogens (tertiary/aromatic N) is 1. The lowest BCUT2D eigenvalue weighted by Gasteiger charge is -2.35. The Labute approximate surface area is 128 Å². The molecule has 0 spiro atoms. The van der Waals surface area contributed by atoms with Crippen molar-refractivity contribution < 1.29 is 9.53 Å². The van der Waals surface area contributed by atoms with Crippen molar-refractivity contribution in [2.45, 2.75) is 25.3 Å². The van der Waals surface area contributed by atoms with Crippen LogP contribution in [-0.2, 0) is 0 Å². The largest absolute Gasteiger partial charge is 0.494 e. The third-order valence-corrected chi connectivity index (χ3v) is 4.17. The molecular formula is C14H18Cl2N2O2. The zero-order valence-electron chi connectivity index (χ0n) is 11.4. The Balaban J connectivity index is 2.28. The van der Waals surface area contributed by atoms with Crippen LogP contribution in [0.4, 0.5) is 0 Å². The van der Waals surface area contributed by atoms with Crippen molar-refractivity contribution in [1.82, 2.24) is 4.90 Å². The molecule has 1 aliphatic heterocycles. The van der Waals surface area contributed by atoms with Gasteiger partial charge in [0.15, 0.2) is 5.75 Å². The number of carbonyl (C=O) groups excluding carboxylic acids is 1. The average molecular weight is 317 g/mol. The van der Waals surface area contributed by atoms with Gasteiger partial charge in [-0.1, -0.05) is 23.2 Å². The molecule has 1 aromatic rings. The third kappa shape index (κ3) is 3.03. The molecule has 0 saturated carbocycles. The number of carbonyl (C=O) groups is 1. The Morgan fingerprint density at radius 3 is 2.60 bits per heavy atom. The summed E-state index contributed by atoms with van der Waals surface area (Å²) in [6, 6.07) is 3.28. The molecule has 0 unspecified atom stereocenters. The van der Waals surface area contributed by atoms with E-state index < -0.39 is 0 Å². The van der Waals surface area contributed by atoms with Crippen molar-refractivity contribution in [2.24, 2.45) is 5.73 Å². The predicted molar refractivity (Wildman–Crippen MR) is 80.7 cm³/mol. The molecule has 2 N–H and O–H groups in total. The number of amides is 1. The van der Waals surface area contributed by atoms with Crippen molar-refractivity contribution >= 4 is 29.1 Å². The van der Waals surface area contributed by atoms with Crippen molar-refractivity contribution in [2.75, 3.05) is 20.2 Å². The summed E-state index contributed by atoms with van der Waals surface area (Å²) < 4.78 is 5.09. The Morgan fingerprint density at radius 1 is 1.40 bits per heavy atom. The molecule has 1 atom stereocenters. The number of hydrogen-bond acceptors (Lipinski definition) is 3. The van der Waals surface area contributed by atoms with Gasteiger partial charge in [0.05, 0.1) is 17.2 Å². The maximum absolute atomic E-state index is 12.6. The van der Waals surface area contributed by atoms with Crippen molar-refractivity contribution in [1.29, 1.82) is 0 Å². The SMILES string of the molecule is COc1c(Cl)cc(C(=O)N2CCCC[C@@H]2CN)cc1Cl. The molecule has 1 aromatic carbocycles. The van der Waals surface area contributed by atoms with E-state index >= 15 is 0 Å². The highest BCUT2D eigenvalue weighted by molar-refractivity contribution is 6.37. The predicted octanol–water partition coefficient (Wildman–Crippen LogP) is 2.96. The van der Waals surface area contributed by atoms with Crippen LogP contribution in [0.5, 0.6) is 5.75 Å². The standard InChI is InChI=1S/C14H18Cl2N2O2/c1-20-13-11(15)6-9(7-12(13)16)14(19)18-5-3-2-4-10(18)8-17/h6-7,10H,2-5,8,17H2,1H3/t10-/m1/s1. The first-order valence-corrected chi connectivity index (χ1v) is 7.38. The van der Waals surface area contributed by atoms with Crippen LogP contribution in [0.3, 0.4) is 0 Å². The smallest absolute Gasteiger partial charge is 0.254 e. The van der Waals surface area contributed by atoms with E-state index in [9.17, 15) is 4.79 Å². The van der Waals surface area contributed by atoms with Crippen LogP contribution in [0.25, 0.3) is 0 Å². The van der Waals surface area contributed by atoms with Gasteiger partial charge in [-0.25, -0.2) is 0 Å². The first-order chi connectivity index (χ1) is 9.58. The van der Waals surface area contributed by atoms with Gasteiger partial charge in [-0.15, -0.1) is 0 Å². The summed E-state index contributed by atoms with van der Waals surface area (Å²) in [6.45, 7) is 1.20. The van der Waals surface area contributed by atoms with E-state index in [-0.39, 0.29) is 11.9 Å². The summed E-state index contributed by atoms with van der Waals surface area (Å²) >= 11 is 12.2. The summed E-state index contributed by atoms with van der Waals surface area (Å²) in [5, 5.41) is 0.675. The van der Waals surface area contributed by atoms with E-state index in [1.165, 1.54) is 7.11 Å². The molecule has 6 heteroatoms. The first kappa shape index (κ1) is 15.4. The number of ether oxygens (including phenoxy) is 1. The normalized spacial score (nSPS) is 19.0. The second-order valence-corrected chi connectivity index (χ2v) is 5.67. The van der Waals surface area contributed by atoms with Gasteiger partial charge in [-0.2, -0.15) is 0 Å². The van der Waals surface area contributed by atoms with Crippen LogP contribution < -0.4 is 10.5 Å². The molecule has 0 radical (unpaired) electrons. The molecule has 1 saturated heterocycles. The molecule has 1 aliphatic rings. The van der Waals surface area contributed by atoms with Gasteiger partial charge in [0.2, 0.25) is 0 Å². The molecule has 1 fully saturated rings. The Kier molecular flexibility index (Phi) is 5.13. The average Bonchev–Trinajstić information content (AvgIpc) is 2.46.